The molecule has 0 saturated heterocycles. The summed E-state index contributed by atoms with van der Waals surface area (Å²) in [6, 6.07) is 11.5. The number of hydrogen-bond donors (Lipinski definition) is 2. The van der Waals surface area contributed by atoms with Crippen molar-refractivity contribution in [3.63, 3.8) is 0 Å². The maximum absolute atomic E-state index is 12.9. The third-order valence-corrected chi connectivity index (χ3v) is 5.62. The zero-order valence-electron chi connectivity index (χ0n) is 16.0. The summed E-state index contributed by atoms with van der Waals surface area (Å²) in [5, 5.41) is 6.09. The molecule has 29 heavy (non-hydrogen) atoms. The third kappa shape index (κ3) is 5.52. The van der Waals surface area contributed by atoms with Gasteiger partial charge in [-0.25, -0.2) is 0 Å². The lowest BCUT2D eigenvalue weighted by atomic mass is 10.0. The number of nitrogens with one attached hydrogen (secondary N) is 2. The summed E-state index contributed by atoms with van der Waals surface area (Å²) < 4.78 is 5.23. The van der Waals surface area contributed by atoms with E-state index in [4.69, 9.17) is 16.3 Å². The standard InChI is InChI=1S/C21H21ClN2O4S/c1-12(2)28-20(26)10-16(14-5-3-4-6-15(14)22)24-21(27)13-7-8-18-17(9-13)23-19(25)11-29-18/h3-9,12,16H,10-11H2,1-2H3,(H,23,25)(H,24,27). The van der Waals surface area contributed by atoms with E-state index in [0.29, 0.717) is 27.6 Å². The van der Waals surface area contributed by atoms with E-state index in [0.717, 1.165) is 4.90 Å². The number of anilines is 1. The Morgan fingerprint density at radius 1 is 1.24 bits per heavy atom. The Kier molecular flexibility index (Phi) is 6.82. The van der Waals surface area contributed by atoms with E-state index in [2.05, 4.69) is 10.6 Å². The first kappa shape index (κ1) is 21.2. The van der Waals surface area contributed by atoms with Gasteiger partial charge in [0.2, 0.25) is 5.91 Å². The molecule has 0 aliphatic carbocycles. The molecule has 6 nitrogen and oxygen atoms in total. The monoisotopic (exact) mass is 432 g/mol. The molecular weight excluding hydrogens is 412 g/mol. The number of fused-ring (bicyclic) bond motifs is 1. The number of carbonyl (C=O) groups is 3. The summed E-state index contributed by atoms with van der Waals surface area (Å²) in [7, 11) is 0. The molecule has 1 aliphatic heterocycles. The first-order valence-electron chi connectivity index (χ1n) is 9.15. The molecule has 0 saturated carbocycles. The molecule has 0 spiro atoms. The minimum absolute atomic E-state index is 0.0504. The van der Waals surface area contributed by atoms with Crippen molar-refractivity contribution in [2.45, 2.75) is 37.3 Å². The lowest BCUT2D eigenvalue weighted by Crippen LogP contribution is -2.31. The number of esters is 1. The second kappa shape index (κ2) is 9.33. The Bertz CT molecular complexity index is 948. The fourth-order valence-electron chi connectivity index (χ4n) is 2.94. The van der Waals surface area contributed by atoms with Crippen LogP contribution in [0.5, 0.6) is 0 Å². The second-order valence-electron chi connectivity index (χ2n) is 6.84. The van der Waals surface area contributed by atoms with Gasteiger partial charge in [0.05, 0.1) is 30.0 Å². The average molecular weight is 433 g/mol. The van der Waals surface area contributed by atoms with Crippen molar-refractivity contribution in [1.82, 2.24) is 5.32 Å². The Morgan fingerprint density at radius 2 is 2.00 bits per heavy atom. The van der Waals surface area contributed by atoms with Gasteiger partial charge in [-0.15, -0.1) is 11.8 Å². The normalized spacial score (nSPS) is 14.0. The van der Waals surface area contributed by atoms with E-state index in [-0.39, 0.29) is 24.3 Å². The van der Waals surface area contributed by atoms with Gasteiger partial charge in [0, 0.05) is 15.5 Å². The van der Waals surface area contributed by atoms with Crippen LogP contribution >= 0.6 is 23.4 Å². The lowest BCUT2D eigenvalue weighted by Gasteiger charge is -2.21. The molecule has 2 amide bonds. The molecule has 0 aromatic heterocycles. The van der Waals surface area contributed by atoms with Crippen molar-refractivity contribution in [2.24, 2.45) is 0 Å². The van der Waals surface area contributed by atoms with Crippen molar-refractivity contribution in [3.8, 4) is 0 Å². The molecule has 152 valence electrons. The van der Waals surface area contributed by atoms with Gasteiger partial charge >= 0.3 is 5.97 Å². The molecule has 8 heteroatoms. The van der Waals surface area contributed by atoms with Crippen molar-refractivity contribution < 1.29 is 19.1 Å². The number of thioether (sulfide) groups is 1. The highest BCUT2D eigenvalue weighted by Crippen LogP contribution is 2.32. The molecule has 1 heterocycles. The molecule has 3 rings (SSSR count). The summed E-state index contributed by atoms with van der Waals surface area (Å²) in [5.74, 6) is -0.560. The summed E-state index contributed by atoms with van der Waals surface area (Å²) in [6.45, 7) is 3.53. The van der Waals surface area contributed by atoms with Crippen LogP contribution in [-0.4, -0.2) is 29.6 Å². The van der Waals surface area contributed by atoms with Gasteiger partial charge in [0.15, 0.2) is 0 Å². The number of hydrogen-bond acceptors (Lipinski definition) is 5. The Labute approximate surface area is 178 Å². The fraction of sp³-hybridized carbons (Fsp3) is 0.286. The summed E-state index contributed by atoms with van der Waals surface area (Å²) in [6.07, 6.45) is -0.308. The van der Waals surface area contributed by atoms with Crippen LogP contribution in [0.3, 0.4) is 0 Å². The Balaban J connectivity index is 1.82. The molecule has 1 unspecified atom stereocenters. The molecular formula is C21H21ClN2O4S. The highest BCUT2D eigenvalue weighted by atomic mass is 35.5. The molecule has 0 radical (unpaired) electrons. The van der Waals surface area contributed by atoms with E-state index in [1.807, 2.05) is 0 Å². The summed E-state index contributed by atoms with van der Waals surface area (Å²) >= 11 is 7.72. The number of carbonyl (C=O) groups excluding carboxylic acids is 3. The van der Waals surface area contributed by atoms with Crippen LogP contribution in [0.15, 0.2) is 47.4 Å². The van der Waals surface area contributed by atoms with Crippen molar-refractivity contribution >= 4 is 46.8 Å². The highest BCUT2D eigenvalue weighted by Gasteiger charge is 2.24. The largest absolute Gasteiger partial charge is 0.463 e. The van der Waals surface area contributed by atoms with Crippen LogP contribution in [0.25, 0.3) is 0 Å². The third-order valence-electron chi connectivity index (χ3n) is 4.20. The minimum atomic E-state index is -0.651. The molecule has 2 N–H and O–H groups in total. The van der Waals surface area contributed by atoms with Crippen LogP contribution < -0.4 is 10.6 Å². The topological polar surface area (TPSA) is 84.5 Å². The highest BCUT2D eigenvalue weighted by molar-refractivity contribution is 8.00. The van der Waals surface area contributed by atoms with Gasteiger partial charge in [0.1, 0.15) is 0 Å². The fourth-order valence-corrected chi connectivity index (χ4v) is 4.00. The van der Waals surface area contributed by atoms with E-state index in [1.54, 1.807) is 56.3 Å². The second-order valence-corrected chi connectivity index (χ2v) is 8.26. The minimum Gasteiger partial charge on any atom is -0.463 e. The smallest absolute Gasteiger partial charge is 0.308 e. The average Bonchev–Trinajstić information content (AvgIpc) is 2.66. The van der Waals surface area contributed by atoms with Gasteiger partial charge in [-0.3, -0.25) is 14.4 Å². The van der Waals surface area contributed by atoms with E-state index < -0.39 is 12.0 Å². The first-order chi connectivity index (χ1) is 13.8. The summed E-state index contributed by atoms with van der Waals surface area (Å²) in [5.41, 5.74) is 1.61. The number of benzene rings is 2. The van der Waals surface area contributed by atoms with Crippen LogP contribution in [0, 0.1) is 0 Å². The number of rotatable bonds is 6. The van der Waals surface area contributed by atoms with Crippen LogP contribution in [0.2, 0.25) is 5.02 Å². The van der Waals surface area contributed by atoms with Gasteiger partial charge in [-0.1, -0.05) is 29.8 Å². The van der Waals surface area contributed by atoms with Crippen molar-refractivity contribution in [1.29, 1.82) is 0 Å². The first-order valence-corrected chi connectivity index (χ1v) is 10.5. The molecule has 2 aromatic carbocycles. The Morgan fingerprint density at radius 3 is 2.72 bits per heavy atom. The van der Waals surface area contributed by atoms with E-state index >= 15 is 0 Å². The van der Waals surface area contributed by atoms with Crippen LogP contribution in [0.4, 0.5) is 5.69 Å². The molecule has 2 aromatic rings. The summed E-state index contributed by atoms with van der Waals surface area (Å²) in [4.78, 5) is 37.6. The van der Waals surface area contributed by atoms with Gasteiger partial charge < -0.3 is 15.4 Å². The van der Waals surface area contributed by atoms with Gasteiger partial charge in [0.25, 0.3) is 5.91 Å². The number of halogens is 1. The molecule has 0 bridgehead atoms. The van der Waals surface area contributed by atoms with E-state index in [9.17, 15) is 14.4 Å². The lowest BCUT2D eigenvalue weighted by molar-refractivity contribution is -0.147. The SMILES string of the molecule is CC(C)OC(=O)CC(NC(=O)c1ccc2c(c1)NC(=O)CS2)c1ccccc1Cl. The predicted molar refractivity (Wildman–Crippen MR) is 113 cm³/mol. The Hall–Kier alpha value is -2.51. The zero-order valence-corrected chi connectivity index (χ0v) is 17.6. The van der Waals surface area contributed by atoms with Gasteiger partial charge in [-0.05, 0) is 43.7 Å². The molecule has 1 atom stereocenters. The quantitative estimate of drug-likeness (QED) is 0.668. The maximum Gasteiger partial charge on any atom is 0.308 e. The van der Waals surface area contributed by atoms with Crippen LogP contribution in [-0.2, 0) is 14.3 Å². The maximum atomic E-state index is 12.9. The van der Waals surface area contributed by atoms with Gasteiger partial charge in [-0.2, -0.15) is 0 Å². The molecule has 1 aliphatic rings. The van der Waals surface area contributed by atoms with Crippen molar-refractivity contribution in [2.75, 3.05) is 11.1 Å². The zero-order chi connectivity index (χ0) is 21.0. The van der Waals surface area contributed by atoms with E-state index in [1.165, 1.54) is 11.8 Å². The predicted octanol–water partition coefficient (Wildman–Crippen LogP) is 4.20. The number of ether oxygens (including phenoxy) is 1. The number of amides is 2. The molecule has 0 fully saturated rings. The van der Waals surface area contributed by atoms with Crippen molar-refractivity contribution in [3.05, 3.63) is 58.6 Å². The van der Waals surface area contributed by atoms with Crippen LogP contribution in [0.1, 0.15) is 42.2 Å².